The Morgan fingerprint density at radius 3 is 1.97 bits per heavy atom. The standard InChI is InChI=1S/C28H32N2O8S/c1-5-30(27(34)38-28(2,3)4)26-29-20-22(37-24(33)18-14-10-7-11-15-18)21(19(16-31)35-25(20)39-26)36-23(32)17-12-8-6-9-13-17/h6-15,19-22,25,31H,5,16H2,1-4H3/t19-,20-,21-,22-,25-/m1/s1. The van der Waals surface area contributed by atoms with E-state index in [4.69, 9.17) is 18.9 Å². The number of hydrogen-bond donors (Lipinski definition) is 1. The number of carbonyl (C=O) groups excluding carboxylic acids is 3. The molecule has 2 aliphatic heterocycles. The average Bonchev–Trinajstić information content (AvgIpc) is 3.33. The van der Waals surface area contributed by atoms with Crippen LogP contribution in [0.1, 0.15) is 48.4 Å². The minimum atomic E-state index is -1.17. The van der Waals surface area contributed by atoms with Crippen molar-refractivity contribution in [1.82, 2.24) is 4.90 Å². The van der Waals surface area contributed by atoms with Crippen LogP contribution in [-0.4, -0.2) is 81.7 Å². The summed E-state index contributed by atoms with van der Waals surface area (Å²) >= 11 is 1.15. The molecule has 1 fully saturated rings. The molecule has 0 unspecified atom stereocenters. The number of aliphatic imine (C=N–C) groups is 1. The van der Waals surface area contributed by atoms with Gasteiger partial charge in [-0.05, 0) is 52.0 Å². The number of amides is 1. The maximum Gasteiger partial charge on any atom is 0.416 e. The van der Waals surface area contributed by atoms with Gasteiger partial charge in [-0.2, -0.15) is 0 Å². The number of rotatable bonds is 6. The SMILES string of the molecule is CCN(C(=O)OC(C)(C)C)C1=N[C@@H]2[C@@H](OC(=O)c3ccccc3)[C@H](OC(=O)c3ccccc3)[C@@H](CO)O[C@@H]2S1. The maximum atomic E-state index is 13.1. The summed E-state index contributed by atoms with van der Waals surface area (Å²) in [6, 6.07) is 15.9. The van der Waals surface area contributed by atoms with Gasteiger partial charge >= 0.3 is 18.0 Å². The number of hydrogen-bond acceptors (Lipinski definition) is 10. The molecule has 1 amide bonds. The monoisotopic (exact) mass is 556 g/mol. The van der Waals surface area contributed by atoms with Gasteiger partial charge in [0.25, 0.3) is 0 Å². The van der Waals surface area contributed by atoms with Gasteiger partial charge < -0.3 is 24.1 Å². The Morgan fingerprint density at radius 2 is 1.49 bits per heavy atom. The van der Waals surface area contributed by atoms with Crippen LogP contribution in [0.3, 0.4) is 0 Å². The molecule has 1 saturated heterocycles. The van der Waals surface area contributed by atoms with E-state index in [1.165, 1.54) is 4.90 Å². The summed E-state index contributed by atoms with van der Waals surface area (Å²) in [7, 11) is 0. The zero-order chi connectivity index (χ0) is 28.2. The van der Waals surface area contributed by atoms with Gasteiger partial charge in [0, 0.05) is 6.54 Å². The van der Waals surface area contributed by atoms with E-state index in [0.717, 1.165) is 11.8 Å². The van der Waals surface area contributed by atoms with Crippen molar-refractivity contribution in [2.75, 3.05) is 13.2 Å². The summed E-state index contributed by atoms with van der Waals surface area (Å²) in [4.78, 5) is 45.1. The third kappa shape index (κ3) is 6.78. The number of ether oxygens (including phenoxy) is 4. The van der Waals surface area contributed by atoms with E-state index in [1.54, 1.807) is 88.4 Å². The minimum Gasteiger partial charge on any atom is -0.452 e. The molecule has 2 heterocycles. The molecule has 4 rings (SSSR count). The Balaban J connectivity index is 1.67. The fourth-order valence-corrected chi connectivity index (χ4v) is 5.41. The van der Waals surface area contributed by atoms with Gasteiger partial charge in [0.15, 0.2) is 17.4 Å². The van der Waals surface area contributed by atoms with Crippen LogP contribution in [-0.2, 0) is 18.9 Å². The van der Waals surface area contributed by atoms with E-state index >= 15 is 0 Å². The maximum absolute atomic E-state index is 13.1. The van der Waals surface area contributed by atoms with Crippen LogP contribution in [0.5, 0.6) is 0 Å². The van der Waals surface area contributed by atoms with E-state index in [2.05, 4.69) is 4.99 Å². The number of aliphatic hydroxyl groups excluding tert-OH is 1. The predicted octanol–water partition coefficient (Wildman–Crippen LogP) is 3.88. The quantitative estimate of drug-likeness (QED) is 0.417. The predicted molar refractivity (Wildman–Crippen MR) is 144 cm³/mol. The summed E-state index contributed by atoms with van der Waals surface area (Å²) in [5, 5.41) is 10.5. The molecule has 10 nitrogen and oxygen atoms in total. The van der Waals surface area contributed by atoms with Gasteiger partial charge in [-0.15, -0.1) is 0 Å². The third-order valence-corrected chi connectivity index (χ3v) is 7.10. The van der Waals surface area contributed by atoms with Crippen molar-refractivity contribution in [2.24, 2.45) is 4.99 Å². The molecule has 0 bridgehead atoms. The van der Waals surface area contributed by atoms with Crippen molar-refractivity contribution >= 4 is 35.0 Å². The summed E-state index contributed by atoms with van der Waals surface area (Å²) in [6.07, 6.45) is -3.87. The number of thioether (sulfide) groups is 1. The lowest BCUT2D eigenvalue weighted by atomic mass is 9.97. The molecule has 0 radical (unpaired) electrons. The van der Waals surface area contributed by atoms with Crippen molar-refractivity contribution in [3.05, 3.63) is 71.8 Å². The lowest BCUT2D eigenvalue weighted by Crippen LogP contribution is -2.59. The molecule has 5 atom stereocenters. The fourth-order valence-electron chi connectivity index (χ4n) is 4.14. The number of fused-ring (bicyclic) bond motifs is 1. The molecule has 2 aliphatic rings. The molecule has 1 N–H and O–H groups in total. The highest BCUT2D eigenvalue weighted by Crippen LogP contribution is 2.40. The van der Waals surface area contributed by atoms with Crippen molar-refractivity contribution in [1.29, 1.82) is 0 Å². The Hall–Kier alpha value is -3.41. The summed E-state index contributed by atoms with van der Waals surface area (Å²) in [5.74, 6) is -1.31. The third-order valence-electron chi connectivity index (χ3n) is 5.94. The first-order chi connectivity index (χ1) is 18.6. The van der Waals surface area contributed by atoms with Crippen LogP contribution in [0.25, 0.3) is 0 Å². The Labute approximate surface area is 231 Å². The van der Waals surface area contributed by atoms with E-state index in [1.807, 2.05) is 0 Å². The largest absolute Gasteiger partial charge is 0.452 e. The molecule has 39 heavy (non-hydrogen) atoms. The normalized spacial score (nSPS) is 24.2. The molecule has 0 saturated carbocycles. The van der Waals surface area contributed by atoms with Crippen LogP contribution < -0.4 is 0 Å². The molecule has 0 spiro atoms. The Bertz CT molecular complexity index is 1200. The summed E-state index contributed by atoms with van der Waals surface area (Å²) < 4.78 is 23.3. The van der Waals surface area contributed by atoms with Crippen LogP contribution >= 0.6 is 11.8 Å². The molecule has 0 aromatic heterocycles. The van der Waals surface area contributed by atoms with Crippen LogP contribution in [0.15, 0.2) is 65.7 Å². The number of esters is 2. The Kier molecular flexibility index (Phi) is 8.94. The lowest BCUT2D eigenvalue weighted by Gasteiger charge is -2.41. The average molecular weight is 557 g/mol. The first kappa shape index (κ1) is 28.6. The number of aliphatic hydroxyl groups is 1. The highest BCUT2D eigenvalue weighted by atomic mass is 32.2. The van der Waals surface area contributed by atoms with E-state index < -0.39 is 60.0 Å². The van der Waals surface area contributed by atoms with E-state index in [0.29, 0.717) is 10.7 Å². The second-order valence-electron chi connectivity index (χ2n) is 9.94. The van der Waals surface area contributed by atoms with Crippen molar-refractivity contribution < 1.29 is 38.4 Å². The van der Waals surface area contributed by atoms with Crippen molar-refractivity contribution in [3.63, 3.8) is 0 Å². The van der Waals surface area contributed by atoms with Crippen molar-refractivity contribution in [2.45, 2.75) is 63.1 Å². The number of amidine groups is 1. The fraction of sp³-hybridized carbons (Fsp3) is 0.429. The number of benzene rings is 2. The highest BCUT2D eigenvalue weighted by molar-refractivity contribution is 8.14. The van der Waals surface area contributed by atoms with Gasteiger partial charge in [0.05, 0.1) is 17.7 Å². The van der Waals surface area contributed by atoms with Crippen molar-refractivity contribution in [3.8, 4) is 0 Å². The molecule has 2 aromatic carbocycles. The van der Waals surface area contributed by atoms with Crippen LogP contribution in [0.2, 0.25) is 0 Å². The number of nitrogens with zero attached hydrogens (tertiary/aromatic N) is 2. The topological polar surface area (TPSA) is 124 Å². The molecule has 2 aromatic rings. The molecular formula is C28H32N2O8S. The van der Waals surface area contributed by atoms with Gasteiger partial charge in [-0.1, -0.05) is 48.2 Å². The Morgan fingerprint density at radius 1 is 0.949 bits per heavy atom. The lowest BCUT2D eigenvalue weighted by molar-refractivity contribution is -0.168. The van der Waals surface area contributed by atoms with E-state index in [-0.39, 0.29) is 12.1 Å². The second-order valence-corrected chi connectivity index (χ2v) is 11.0. The van der Waals surface area contributed by atoms with E-state index in [9.17, 15) is 19.5 Å². The summed E-state index contributed by atoms with van der Waals surface area (Å²) in [6.45, 7) is 6.84. The van der Waals surface area contributed by atoms with Gasteiger partial charge in [0.1, 0.15) is 23.2 Å². The smallest absolute Gasteiger partial charge is 0.416 e. The van der Waals surface area contributed by atoms with Gasteiger partial charge in [-0.25, -0.2) is 14.4 Å². The first-order valence-electron chi connectivity index (χ1n) is 12.6. The minimum absolute atomic E-state index is 0.268. The highest BCUT2D eigenvalue weighted by Gasteiger charge is 2.54. The first-order valence-corrected chi connectivity index (χ1v) is 13.5. The van der Waals surface area contributed by atoms with Gasteiger partial charge in [-0.3, -0.25) is 9.89 Å². The second kappa shape index (κ2) is 12.2. The summed E-state index contributed by atoms with van der Waals surface area (Å²) in [5.41, 5.74) is -0.845. The molecule has 0 aliphatic carbocycles. The molecule has 11 heteroatoms. The molecule has 208 valence electrons. The van der Waals surface area contributed by atoms with Gasteiger partial charge in [0.2, 0.25) is 0 Å². The zero-order valence-corrected chi connectivity index (χ0v) is 23.0. The van der Waals surface area contributed by atoms with Crippen LogP contribution in [0, 0.1) is 0 Å². The zero-order valence-electron chi connectivity index (χ0n) is 22.2. The molecular weight excluding hydrogens is 524 g/mol. The number of carbonyl (C=O) groups is 3. The van der Waals surface area contributed by atoms with Crippen LogP contribution in [0.4, 0.5) is 4.79 Å².